The van der Waals surface area contributed by atoms with Crippen LogP contribution >= 0.6 is 11.6 Å². The highest BCUT2D eigenvalue weighted by Gasteiger charge is 2.66. The molecule has 0 spiro atoms. The van der Waals surface area contributed by atoms with Crippen LogP contribution in [-0.4, -0.2) is 17.1 Å². The maximum absolute atomic E-state index is 13.5. The van der Waals surface area contributed by atoms with Crippen LogP contribution in [0.4, 0.5) is 4.39 Å². The number of alkyl halides is 1. The standard InChI is InChI=1S/C12H12ClFO/c13-11(5-6-11)12(8-15-12)7-9-3-1-2-4-10(9)14/h1-4H,5-8H2. The number of rotatable bonds is 3. The predicted octanol–water partition coefficient (Wildman–Crippen LogP) is 2.91. The van der Waals surface area contributed by atoms with Crippen LogP contribution in [0.3, 0.4) is 0 Å². The van der Waals surface area contributed by atoms with Gasteiger partial charge in [0.25, 0.3) is 0 Å². The molecule has 0 radical (unpaired) electrons. The van der Waals surface area contributed by atoms with Crippen LogP contribution < -0.4 is 0 Å². The van der Waals surface area contributed by atoms with E-state index in [-0.39, 0.29) is 16.3 Å². The van der Waals surface area contributed by atoms with Gasteiger partial charge in [0.15, 0.2) is 0 Å². The van der Waals surface area contributed by atoms with E-state index in [9.17, 15) is 4.39 Å². The van der Waals surface area contributed by atoms with Crippen molar-refractivity contribution in [3.05, 3.63) is 35.6 Å². The zero-order valence-corrected chi connectivity index (χ0v) is 9.06. The van der Waals surface area contributed by atoms with E-state index in [2.05, 4.69) is 0 Å². The lowest BCUT2D eigenvalue weighted by atomic mass is 9.94. The molecule has 1 saturated heterocycles. The van der Waals surface area contributed by atoms with Crippen molar-refractivity contribution in [2.24, 2.45) is 0 Å². The van der Waals surface area contributed by atoms with Crippen molar-refractivity contribution in [1.29, 1.82) is 0 Å². The third-order valence-corrected chi connectivity index (χ3v) is 4.15. The Bertz CT molecular complexity index is 396. The highest BCUT2D eigenvalue weighted by atomic mass is 35.5. The maximum Gasteiger partial charge on any atom is 0.126 e. The molecule has 1 aliphatic carbocycles. The summed E-state index contributed by atoms with van der Waals surface area (Å²) in [4.78, 5) is -0.213. The first kappa shape index (κ1) is 9.61. The molecule has 0 bridgehead atoms. The Morgan fingerprint density at radius 3 is 2.53 bits per heavy atom. The van der Waals surface area contributed by atoms with E-state index in [1.807, 2.05) is 6.07 Å². The Kier molecular flexibility index (Phi) is 1.89. The minimum Gasteiger partial charge on any atom is -0.367 e. The largest absolute Gasteiger partial charge is 0.367 e. The number of hydrogen-bond donors (Lipinski definition) is 0. The fraction of sp³-hybridized carbons (Fsp3) is 0.500. The Labute approximate surface area is 93.2 Å². The molecule has 15 heavy (non-hydrogen) atoms. The first-order valence-electron chi connectivity index (χ1n) is 5.22. The second-order valence-electron chi connectivity index (χ2n) is 4.52. The van der Waals surface area contributed by atoms with Crippen molar-refractivity contribution in [2.45, 2.75) is 29.7 Å². The lowest BCUT2D eigenvalue weighted by molar-refractivity contribution is 0.282. The van der Waals surface area contributed by atoms with Crippen LogP contribution in [0.1, 0.15) is 18.4 Å². The summed E-state index contributed by atoms with van der Waals surface area (Å²) in [6.45, 7) is 0.671. The normalized spacial score (nSPS) is 31.3. The highest BCUT2D eigenvalue weighted by molar-refractivity contribution is 6.27. The molecule has 1 aromatic rings. The molecule has 1 aromatic carbocycles. The van der Waals surface area contributed by atoms with E-state index in [0.29, 0.717) is 18.6 Å². The SMILES string of the molecule is Fc1ccccc1CC1(C2(Cl)CC2)CO1. The minimum absolute atomic E-state index is 0.159. The molecule has 1 unspecified atom stereocenters. The molecule has 0 aromatic heterocycles. The smallest absolute Gasteiger partial charge is 0.126 e. The highest BCUT2D eigenvalue weighted by Crippen LogP contribution is 2.59. The van der Waals surface area contributed by atoms with E-state index in [0.717, 1.165) is 12.8 Å². The van der Waals surface area contributed by atoms with E-state index in [1.165, 1.54) is 6.07 Å². The van der Waals surface area contributed by atoms with Gasteiger partial charge in [0, 0.05) is 6.42 Å². The first-order chi connectivity index (χ1) is 7.15. The zero-order chi connectivity index (χ0) is 10.5. The fourth-order valence-corrected chi connectivity index (χ4v) is 2.39. The van der Waals surface area contributed by atoms with Gasteiger partial charge in [0.1, 0.15) is 11.4 Å². The molecular formula is C12H12ClFO. The molecule has 1 saturated carbocycles. The summed E-state index contributed by atoms with van der Waals surface area (Å²) in [7, 11) is 0. The van der Waals surface area contributed by atoms with Crippen LogP contribution in [0.2, 0.25) is 0 Å². The molecule has 1 aliphatic heterocycles. The van der Waals surface area contributed by atoms with E-state index >= 15 is 0 Å². The van der Waals surface area contributed by atoms with E-state index in [4.69, 9.17) is 16.3 Å². The molecule has 1 atom stereocenters. The average Bonchev–Trinajstić information content (AvgIpc) is 3.08. The lowest BCUT2D eigenvalue weighted by Crippen LogP contribution is -2.29. The summed E-state index contributed by atoms with van der Waals surface area (Å²) in [6.07, 6.45) is 2.58. The van der Waals surface area contributed by atoms with Gasteiger partial charge in [-0.15, -0.1) is 11.6 Å². The van der Waals surface area contributed by atoms with Crippen LogP contribution in [-0.2, 0) is 11.2 Å². The van der Waals surface area contributed by atoms with Crippen LogP contribution in [0.15, 0.2) is 24.3 Å². The number of epoxide rings is 1. The van der Waals surface area contributed by atoms with Gasteiger partial charge in [-0.05, 0) is 24.5 Å². The van der Waals surface area contributed by atoms with Gasteiger partial charge in [-0.1, -0.05) is 18.2 Å². The van der Waals surface area contributed by atoms with Crippen molar-refractivity contribution in [3.8, 4) is 0 Å². The molecule has 2 fully saturated rings. The van der Waals surface area contributed by atoms with E-state index < -0.39 is 0 Å². The summed E-state index contributed by atoms with van der Waals surface area (Å²) < 4.78 is 18.9. The summed E-state index contributed by atoms with van der Waals surface area (Å²) in [5.41, 5.74) is 0.429. The Hall–Kier alpha value is -0.600. The molecule has 3 rings (SSSR count). The third-order valence-electron chi connectivity index (χ3n) is 3.43. The topological polar surface area (TPSA) is 12.5 Å². The molecule has 2 aliphatic rings. The summed E-state index contributed by atoms with van der Waals surface area (Å²) in [5.74, 6) is -0.159. The van der Waals surface area contributed by atoms with Crippen LogP contribution in [0, 0.1) is 5.82 Å². The van der Waals surface area contributed by atoms with Gasteiger partial charge in [0.2, 0.25) is 0 Å². The minimum atomic E-state index is -0.281. The second kappa shape index (κ2) is 2.96. The third kappa shape index (κ3) is 1.47. The van der Waals surface area contributed by atoms with Crippen molar-refractivity contribution in [2.75, 3.05) is 6.61 Å². The number of halogens is 2. The van der Waals surface area contributed by atoms with Crippen LogP contribution in [0.25, 0.3) is 0 Å². The first-order valence-corrected chi connectivity index (χ1v) is 5.59. The van der Waals surface area contributed by atoms with Crippen molar-refractivity contribution < 1.29 is 9.13 Å². The van der Waals surface area contributed by atoms with E-state index in [1.54, 1.807) is 12.1 Å². The van der Waals surface area contributed by atoms with Gasteiger partial charge < -0.3 is 4.74 Å². The molecular weight excluding hydrogens is 215 g/mol. The molecule has 0 N–H and O–H groups in total. The second-order valence-corrected chi connectivity index (χ2v) is 5.24. The lowest BCUT2D eigenvalue weighted by Gasteiger charge is -2.17. The van der Waals surface area contributed by atoms with Crippen LogP contribution in [0.5, 0.6) is 0 Å². The van der Waals surface area contributed by atoms with Gasteiger partial charge in [-0.25, -0.2) is 4.39 Å². The molecule has 0 amide bonds. The zero-order valence-electron chi connectivity index (χ0n) is 8.30. The van der Waals surface area contributed by atoms with Gasteiger partial charge in [0.05, 0.1) is 11.5 Å². The Balaban J connectivity index is 1.84. The monoisotopic (exact) mass is 226 g/mol. The fourth-order valence-electron chi connectivity index (χ4n) is 2.12. The Morgan fingerprint density at radius 1 is 1.33 bits per heavy atom. The molecule has 3 heteroatoms. The predicted molar refractivity (Wildman–Crippen MR) is 56.6 cm³/mol. The summed E-state index contributed by atoms with van der Waals surface area (Å²) in [6, 6.07) is 6.84. The quantitative estimate of drug-likeness (QED) is 0.570. The van der Waals surface area contributed by atoms with Crippen molar-refractivity contribution in [1.82, 2.24) is 0 Å². The Morgan fingerprint density at radius 2 is 2.00 bits per heavy atom. The average molecular weight is 227 g/mol. The number of ether oxygens (including phenoxy) is 1. The maximum atomic E-state index is 13.5. The molecule has 1 nitrogen and oxygen atoms in total. The summed E-state index contributed by atoms with van der Waals surface area (Å²) in [5, 5.41) is 0. The van der Waals surface area contributed by atoms with Crippen molar-refractivity contribution >= 4 is 11.6 Å². The summed E-state index contributed by atoms with van der Waals surface area (Å²) >= 11 is 6.35. The molecule has 80 valence electrons. The van der Waals surface area contributed by atoms with Gasteiger partial charge in [-0.2, -0.15) is 0 Å². The van der Waals surface area contributed by atoms with Gasteiger partial charge >= 0.3 is 0 Å². The number of hydrogen-bond acceptors (Lipinski definition) is 1. The van der Waals surface area contributed by atoms with Gasteiger partial charge in [-0.3, -0.25) is 0 Å². The van der Waals surface area contributed by atoms with Crippen molar-refractivity contribution in [3.63, 3.8) is 0 Å². The number of benzene rings is 1. The molecule has 1 heterocycles.